The van der Waals surface area contributed by atoms with Gasteiger partial charge in [-0.3, -0.25) is 19.6 Å². The number of amides is 1. The number of hydrogen-bond acceptors (Lipinski definition) is 6. The number of ketones is 1. The standard InChI is InChI=1S/C30H24N4O3/c35-29(23-5-2-1-3-6-23)28(24-7-4-16-32-20-24)34-25-10-8-22(9-11-25)26-12-13-27(37-26)30(36)33-19-21-14-17-31-18-15-21/h1-18,20,28,34H,19H2,(H,33,36). The van der Waals surface area contributed by atoms with Gasteiger partial charge < -0.3 is 15.1 Å². The third-order valence-electron chi connectivity index (χ3n) is 5.85. The fraction of sp³-hybridized carbons (Fsp3) is 0.0667. The zero-order valence-electron chi connectivity index (χ0n) is 19.9. The number of anilines is 1. The molecule has 0 saturated heterocycles. The number of nitrogens with one attached hydrogen (secondary N) is 2. The molecule has 2 N–H and O–H groups in total. The van der Waals surface area contributed by atoms with Crippen LogP contribution < -0.4 is 10.6 Å². The first kappa shape index (κ1) is 23.7. The van der Waals surface area contributed by atoms with E-state index in [-0.39, 0.29) is 17.5 Å². The number of benzene rings is 2. The number of nitrogens with zero attached hydrogens (tertiary/aromatic N) is 2. The minimum absolute atomic E-state index is 0.0499. The Morgan fingerprint density at radius 2 is 1.57 bits per heavy atom. The van der Waals surface area contributed by atoms with Crippen LogP contribution >= 0.6 is 0 Å². The molecule has 0 fully saturated rings. The average molecular weight is 489 g/mol. The Morgan fingerprint density at radius 3 is 2.30 bits per heavy atom. The van der Waals surface area contributed by atoms with Gasteiger partial charge in [0.15, 0.2) is 11.5 Å². The van der Waals surface area contributed by atoms with Crippen molar-refractivity contribution in [2.24, 2.45) is 0 Å². The summed E-state index contributed by atoms with van der Waals surface area (Å²) in [7, 11) is 0. The Bertz CT molecular complexity index is 1470. The zero-order valence-corrected chi connectivity index (χ0v) is 19.9. The first-order valence-electron chi connectivity index (χ1n) is 11.8. The van der Waals surface area contributed by atoms with E-state index in [2.05, 4.69) is 20.6 Å². The lowest BCUT2D eigenvalue weighted by Crippen LogP contribution is -2.22. The van der Waals surface area contributed by atoms with Crippen molar-refractivity contribution in [2.45, 2.75) is 12.6 Å². The summed E-state index contributed by atoms with van der Waals surface area (Å²) in [5.41, 5.74) is 3.92. The molecule has 0 aliphatic carbocycles. The van der Waals surface area contributed by atoms with Gasteiger partial charge in [-0.05, 0) is 60.2 Å². The van der Waals surface area contributed by atoms with E-state index in [1.807, 2.05) is 66.7 Å². The second kappa shape index (κ2) is 11.1. The topological polar surface area (TPSA) is 97.1 Å². The maximum Gasteiger partial charge on any atom is 0.287 e. The molecule has 182 valence electrons. The van der Waals surface area contributed by atoms with Crippen molar-refractivity contribution in [1.82, 2.24) is 15.3 Å². The molecule has 3 heterocycles. The van der Waals surface area contributed by atoms with Crippen molar-refractivity contribution in [3.63, 3.8) is 0 Å². The van der Waals surface area contributed by atoms with Crippen LogP contribution in [0.5, 0.6) is 0 Å². The van der Waals surface area contributed by atoms with E-state index in [0.717, 1.165) is 22.4 Å². The molecule has 7 heteroatoms. The van der Waals surface area contributed by atoms with Gasteiger partial charge in [0.1, 0.15) is 11.8 Å². The lowest BCUT2D eigenvalue weighted by Gasteiger charge is -2.19. The number of aromatic nitrogens is 2. The van der Waals surface area contributed by atoms with Gasteiger partial charge in [-0.2, -0.15) is 0 Å². The van der Waals surface area contributed by atoms with Gasteiger partial charge in [0, 0.05) is 53.7 Å². The summed E-state index contributed by atoms with van der Waals surface area (Å²) in [5.74, 6) is 0.465. The van der Waals surface area contributed by atoms with Crippen molar-refractivity contribution >= 4 is 17.4 Å². The molecule has 1 amide bonds. The summed E-state index contributed by atoms with van der Waals surface area (Å²) in [6.07, 6.45) is 6.74. The third-order valence-corrected chi connectivity index (χ3v) is 5.85. The highest BCUT2D eigenvalue weighted by Crippen LogP contribution is 2.27. The molecule has 0 spiro atoms. The lowest BCUT2D eigenvalue weighted by atomic mass is 9.98. The fourth-order valence-electron chi connectivity index (χ4n) is 3.90. The number of Topliss-reactive ketones (excluding diaryl/α,β-unsaturated/α-hetero) is 1. The molecule has 37 heavy (non-hydrogen) atoms. The van der Waals surface area contributed by atoms with Gasteiger partial charge in [0.05, 0.1) is 0 Å². The molecule has 5 aromatic rings. The van der Waals surface area contributed by atoms with Gasteiger partial charge >= 0.3 is 0 Å². The van der Waals surface area contributed by atoms with E-state index in [1.165, 1.54) is 0 Å². The lowest BCUT2D eigenvalue weighted by molar-refractivity contribution is 0.0923. The molecule has 0 saturated carbocycles. The van der Waals surface area contributed by atoms with E-state index >= 15 is 0 Å². The molecule has 7 nitrogen and oxygen atoms in total. The molecule has 1 unspecified atom stereocenters. The van der Waals surface area contributed by atoms with Gasteiger partial charge in [-0.15, -0.1) is 0 Å². The largest absolute Gasteiger partial charge is 0.451 e. The molecule has 3 aromatic heterocycles. The predicted octanol–water partition coefficient (Wildman–Crippen LogP) is 5.70. The van der Waals surface area contributed by atoms with E-state index in [1.54, 1.807) is 49.1 Å². The Hall–Kier alpha value is -5.04. The normalized spacial score (nSPS) is 11.5. The molecular formula is C30H24N4O3. The molecule has 0 aliphatic heterocycles. The minimum atomic E-state index is -0.596. The highest BCUT2D eigenvalue weighted by atomic mass is 16.3. The zero-order chi connectivity index (χ0) is 25.5. The SMILES string of the molecule is O=C(NCc1ccncc1)c1ccc(-c2ccc(NC(C(=O)c3ccccc3)c3cccnc3)cc2)o1. The Labute approximate surface area is 214 Å². The summed E-state index contributed by atoms with van der Waals surface area (Å²) in [4.78, 5) is 33.9. The van der Waals surface area contributed by atoms with Gasteiger partial charge in [0.25, 0.3) is 5.91 Å². The number of carbonyl (C=O) groups excluding carboxylic acids is 2. The molecule has 2 aromatic carbocycles. The van der Waals surface area contributed by atoms with Gasteiger partial charge in [0.2, 0.25) is 0 Å². The van der Waals surface area contributed by atoms with Crippen LogP contribution in [0.1, 0.15) is 38.1 Å². The Morgan fingerprint density at radius 1 is 0.784 bits per heavy atom. The van der Waals surface area contributed by atoms with Crippen molar-refractivity contribution in [2.75, 3.05) is 5.32 Å². The quantitative estimate of drug-likeness (QED) is 0.258. The van der Waals surface area contributed by atoms with Crippen molar-refractivity contribution < 1.29 is 14.0 Å². The van der Waals surface area contributed by atoms with E-state index < -0.39 is 6.04 Å². The van der Waals surface area contributed by atoms with Gasteiger partial charge in [-0.25, -0.2) is 0 Å². The highest BCUT2D eigenvalue weighted by Gasteiger charge is 2.22. The van der Waals surface area contributed by atoms with Crippen molar-refractivity contribution in [3.05, 3.63) is 138 Å². The highest BCUT2D eigenvalue weighted by molar-refractivity contribution is 6.02. The van der Waals surface area contributed by atoms with E-state index in [0.29, 0.717) is 17.9 Å². The minimum Gasteiger partial charge on any atom is -0.451 e. The predicted molar refractivity (Wildman–Crippen MR) is 141 cm³/mol. The smallest absolute Gasteiger partial charge is 0.287 e. The first-order valence-corrected chi connectivity index (χ1v) is 11.8. The van der Waals surface area contributed by atoms with Gasteiger partial charge in [-0.1, -0.05) is 36.4 Å². The summed E-state index contributed by atoms with van der Waals surface area (Å²) < 4.78 is 5.80. The summed E-state index contributed by atoms with van der Waals surface area (Å²) >= 11 is 0. The number of furan rings is 1. The monoisotopic (exact) mass is 488 g/mol. The average Bonchev–Trinajstić information content (AvgIpc) is 3.47. The van der Waals surface area contributed by atoms with E-state index in [4.69, 9.17) is 4.42 Å². The molecule has 0 radical (unpaired) electrons. The van der Waals surface area contributed by atoms with Crippen molar-refractivity contribution in [3.8, 4) is 11.3 Å². The van der Waals surface area contributed by atoms with Crippen LogP contribution in [0.2, 0.25) is 0 Å². The number of rotatable bonds is 9. The number of carbonyl (C=O) groups is 2. The van der Waals surface area contributed by atoms with Crippen LogP contribution in [0.4, 0.5) is 5.69 Å². The number of pyridine rings is 2. The summed E-state index contributed by atoms with van der Waals surface area (Å²) in [5, 5.41) is 6.18. The van der Waals surface area contributed by atoms with Crippen LogP contribution in [-0.4, -0.2) is 21.7 Å². The Kier molecular flexibility index (Phi) is 7.13. The Balaban J connectivity index is 1.29. The molecule has 5 rings (SSSR count). The second-order valence-electron chi connectivity index (χ2n) is 8.37. The van der Waals surface area contributed by atoms with Crippen molar-refractivity contribution in [1.29, 1.82) is 0 Å². The van der Waals surface area contributed by atoms with Crippen LogP contribution in [0.3, 0.4) is 0 Å². The first-order chi connectivity index (χ1) is 18.2. The second-order valence-corrected chi connectivity index (χ2v) is 8.37. The molecule has 1 atom stereocenters. The fourth-order valence-corrected chi connectivity index (χ4v) is 3.90. The maximum absolute atomic E-state index is 13.3. The van der Waals surface area contributed by atoms with Crippen LogP contribution in [0, 0.1) is 0 Å². The van der Waals surface area contributed by atoms with Crippen LogP contribution in [0.15, 0.2) is 120 Å². The molecular weight excluding hydrogens is 464 g/mol. The maximum atomic E-state index is 13.3. The third kappa shape index (κ3) is 5.79. The van der Waals surface area contributed by atoms with Crippen LogP contribution in [-0.2, 0) is 6.54 Å². The number of hydrogen-bond donors (Lipinski definition) is 2. The summed E-state index contributed by atoms with van der Waals surface area (Å²) in [6.45, 7) is 0.386. The molecule has 0 bridgehead atoms. The van der Waals surface area contributed by atoms with Crippen LogP contribution in [0.25, 0.3) is 11.3 Å². The van der Waals surface area contributed by atoms with E-state index in [9.17, 15) is 9.59 Å². The molecule has 0 aliphatic rings. The summed E-state index contributed by atoms with van der Waals surface area (Å²) in [6, 6.07) is 26.9.